The van der Waals surface area contributed by atoms with E-state index in [1.165, 1.54) is 0 Å². The maximum absolute atomic E-state index is 12.0. The van der Waals surface area contributed by atoms with Crippen molar-refractivity contribution in [1.82, 2.24) is 0 Å². The van der Waals surface area contributed by atoms with E-state index in [2.05, 4.69) is 0 Å². The van der Waals surface area contributed by atoms with Crippen LogP contribution in [0, 0.1) is 0 Å². The van der Waals surface area contributed by atoms with Crippen LogP contribution < -0.4 is 0 Å². The summed E-state index contributed by atoms with van der Waals surface area (Å²) in [6.45, 7) is 3.71. The normalized spacial score (nSPS) is 10.6. The fraction of sp³-hybridized carbons (Fsp3) is 0.286. The molecule has 0 radical (unpaired) electrons. The summed E-state index contributed by atoms with van der Waals surface area (Å²) >= 11 is 5.91. The Morgan fingerprint density at radius 3 is 2.45 bits per heavy atom. The first-order valence-corrected chi connectivity index (χ1v) is 6.52. The molecule has 0 atom stereocenters. The molecule has 1 aromatic carbocycles. The van der Waals surface area contributed by atoms with Crippen molar-refractivity contribution in [3.63, 3.8) is 0 Å². The molecule has 0 aliphatic heterocycles. The number of carbonyl (C=O) groups is 2. The summed E-state index contributed by atoms with van der Waals surface area (Å²) in [4.78, 5) is 23.9. The summed E-state index contributed by atoms with van der Waals surface area (Å²) in [5.74, 6) is -1.51. The molecule has 0 bridgehead atoms. The molecule has 0 spiro atoms. The average Bonchev–Trinajstić information content (AvgIpc) is 2.77. The number of rotatable bonds is 4. The van der Waals surface area contributed by atoms with Crippen molar-refractivity contribution in [2.75, 3.05) is 13.2 Å². The van der Waals surface area contributed by atoms with Gasteiger partial charge in [-0.2, -0.15) is 0 Å². The largest absolute Gasteiger partial charge is 0.462 e. The van der Waals surface area contributed by atoms with Crippen molar-refractivity contribution in [1.29, 1.82) is 0 Å². The van der Waals surface area contributed by atoms with Gasteiger partial charge in [0.15, 0.2) is 0 Å². The first-order valence-electron chi connectivity index (χ1n) is 6.14. The first-order chi connectivity index (χ1) is 9.58. The lowest BCUT2D eigenvalue weighted by molar-refractivity contribution is 0.0454. The third kappa shape index (κ3) is 2.63. The maximum Gasteiger partial charge on any atom is 0.375 e. The van der Waals surface area contributed by atoms with Crippen molar-refractivity contribution in [3.8, 4) is 0 Å². The summed E-state index contributed by atoms with van der Waals surface area (Å²) in [5, 5.41) is 0.860. The van der Waals surface area contributed by atoms with Gasteiger partial charge in [0.25, 0.3) is 0 Å². The monoisotopic (exact) mass is 296 g/mol. The second-order valence-corrected chi connectivity index (χ2v) is 4.32. The summed E-state index contributed by atoms with van der Waals surface area (Å²) in [6, 6.07) is 4.75. The molecule has 1 heterocycles. The maximum atomic E-state index is 12.0. The minimum absolute atomic E-state index is 0.0443. The van der Waals surface area contributed by atoms with Crippen LogP contribution in [0.3, 0.4) is 0 Å². The first kappa shape index (κ1) is 14.4. The zero-order valence-corrected chi connectivity index (χ0v) is 11.8. The highest BCUT2D eigenvalue weighted by atomic mass is 35.5. The molecule has 0 aliphatic carbocycles. The van der Waals surface area contributed by atoms with Gasteiger partial charge in [-0.1, -0.05) is 11.6 Å². The van der Waals surface area contributed by atoms with Crippen molar-refractivity contribution >= 4 is 34.5 Å². The minimum Gasteiger partial charge on any atom is -0.462 e. The van der Waals surface area contributed by atoms with E-state index in [0.717, 1.165) is 0 Å². The molecular weight excluding hydrogens is 284 g/mol. The van der Waals surface area contributed by atoms with Crippen molar-refractivity contribution in [2.45, 2.75) is 13.8 Å². The van der Waals surface area contributed by atoms with Gasteiger partial charge in [-0.15, -0.1) is 0 Å². The third-order valence-electron chi connectivity index (χ3n) is 2.59. The third-order valence-corrected chi connectivity index (χ3v) is 2.83. The Kier molecular flexibility index (Phi) is 4.29. The standard InChI is InChI=1S/C14H13ClO5/c1-3-18-13(16)11-9-7-8(15)5-6-10(9)20-12(11)14(17)19-4-2/h5-7H,3-4H2,1-2H3. The zero-order chi connectivity index (χ0) is 14.7. The van der Waals surface area contributed by atoms with Gasteiger partial charge in [0, 0.05) is 10.4 Å². The average molecular weight is 297 g/mol. The highest BCUT2D eigenvalue weighted by Crippen LogP contribution is 2.29. The molecule has 0 N–H and O–H groups in total. The number of esters is 2. The van der Waals surface area contributed by atoms with E-state index >= 15 is 0 Å². The zero-order valence-electron chi connectivity index (χ0n) is 11.1. The van der Waals surface area contributed by atoms with Crippen LogP contribution in [0.5, 0.6) is 0 Å². The quantitative estimate of drug-likeness (QED) is 0.809. The Morgan fingerprint density at radius 1 is 1.15 bits per heavy atom. The van der Waals surface area contributed by atoms with Crippen molar-refractivity contribution in [2.24, 2.45) is 0 Å². The van der Waals surface area contributed by atoms with E-state index < -0.39 is 11.9 Å². The van der Waals surface area contributed by atoms with E-state index in [1.807, 2.05) is 0 Å². The molecule has 0 aliphatic rings. The van der Waals surface area contributed by atoms with Gasteiger partial charge in [0.1, 0.15) is 11.1 Å². The van der Waals surface area contributed by atoms with Crippen LogP contribution >= 0.6 is 11.6 Å². The van der Waals surface area contributed by atoms with E-state index in [-0.39, 0.29) is 24.5 Å². The van der Waals surface area contributed by atoms with Crippen LogP contribution in [-0.2, 0) is 9.47 Å². The molecular formula is C14H13ClO5. The smallest absolute Gasteiger partial charge is 0.375 e. The van der Waals surface area contributed by atoms with Gasteiger partial charge in [0.05, 0.1) is 13.2 Å². The van der Waals surface area contributed by atoms with Gasteiger partial charge in [-0.3, -0.25) is 0 Å². The molecule has 2 rings (SSSR count). The minimum atomic E-state index is -0.706. The second-order valence-electron chi connectivity index (χ2n) is 3.89. The summed E-state index contributed by atoms with van der Waals surface area (Å²) in [6.07, 6.45) is 0. The predicted octanol–water partition coefficient (Wildman–Crippen LogP) is 3.44. The SMILES string of the molecule is CCOC(=O)c1oc2ccc(Cl)cc2c1C(=O)OCC. The predicted molar refractivity (Wildman–Crippen MR) is 73.1 cm³/mol. The molecule has 20 heavy (non-hydrogen) atoms. The molecule has 0 unspecified atom stereocenters. The Bertz CT molecular complexity index is 659. The van der Waals surface area contributed by atoms with E-state index in [0.29, 0.717) is 16.0 Å². The number of hydrogen-bond acceptors (Lipinski definition) is 5. The van der Waals surface area contributed by atoms with Crippen LogP contribution in [0.2, 0.25) is 5.02 Å². The Hall–Kier alpha value is -2.01. The number of halogens is 1. The number of carbonyl (C=O) groups excluding carboxylic acids is 2. The van der Waals surface area contributed by atoms with Crippen LogP contribution in [-0.4, -0.2) is 25.2 Å². The summed E-state index contributed by atoms with van der Waals surface area (Å²) in [5.41, 5.74) is 0.420. The summed E-state index contributed by atoms with van der Waals surface area (Å²) in [7, 11) is 0. The van der Waals surface area contributed by atoms with Crippen LogP contribution in [0.15, 0.2) is 22.6 Å². The van der Waals surface area contributed by atoms with Gasteiger partial charge >= 0.3 is 11.9 Å². The van der Waals surface area contributed by atoms with Crippen LogP contribution in [0.1, 0.15) is 34.8 Å². The number of furan rings is 1. The van der Waals surface area contributed by atoms with Gasteiger partial charge < -0.3 is 13.9 Å². The van der Waals surface area contributed by atoms with E-state index in [4.69, 9.17) is 25.5 Å². The highest BCUT2D eigenvalue weighted by Gasteiger charge is 2.27. The Balaban J connectivity index is 2.63. The molecule has 2 aromatic rings. The lowest BCUT2D eigenvalue weighted by atomic mass is 10.1. The fourth-order valence-corrected chi connectivity index (χ4v) is 1.99. The van der Waals surface area contributed by atoms with Gasteiger partial charge in [0.2, 0.25) is 5.76 Å². The molecule has 6 heteroatoms. The summed E-state index contributed by atoms with van der Waals surface area (Å²) < 4.78 is 15.2. The second kappa shape index (κ2) is 5.96. The Labute approximate surface area is 120 Å². The fourth-order valence-electron chi connectivity index (χ4n) is 1.82. The molecule has 106 valence electrons. The van der Waals surface area contributed by atoms with Crippen LogP contribution in [0.4, 0.5) is 0 Å². The lowest BCUT2D eigenvalue weighted by Crippen LogP contribution is -2.12. The van der Waals surface area contributed by atoms with Crippen molar-refractivity contribution in [3.05, 3.63) is 34.5 Å². The topological polar surface area (TPSA) is 65.7 Å². The molecule has 1 aromatic heterocycles. The number of fused-ring (bicyclic) bond motifs is 1. The van der Waals surface area contributed by atoms with Gasteiger partial charge in [-0.05, 0) is 32.0 Å². The molecule has 0 saturated carbocycles. The Morgan fingerprint density at radius 2 is 1.80 bits per heavy atom. The molecule has 5 nitrogen and oxygen atoms in total. The number of benzene rings is 1. The molecule has 0 amide bonds. The highest BCUT2D eigenvalue weighted by molar-refractivity contribution is 6.31. The van der Waals surface area contributed by atoms with Crippen molar-refractivity contribution < 1.29 is 23.5 Å². The van der Waals surface area contributed by atoms with Crippen LogP contribution in [0.25, 0.3) is 11.0 Å². The number of ether oxygens (including phenoxy) is 2. The van der Waals surface area contributed by atoms with Gasteiger partial charge in [-0.25, -0.2) is 9.59 Å². The van der Waals surface area contributed by atoms with E-state index in [9.17, 15) is 9.59 Å². The lowest BCUT2D eigenvalue weighted by Gasteiger charge is -2.02. The number of hydrogen-bond donors (Lipinski definition) is 0. The molecule has 0 fully saturated rings. The molecule has 0 saturated heterocycles. The van der Waals surface area contributed by atoms with E-state index in [1.54, 1.807) is 32.0 Å².